The molecule has 2 aromatic carbocycles. The highest BCUT2D eigenvalue weighted by Crippen LogP contribution is 2.34. The Kier molecular flexibility index (Phi) is 5.04. The molecule has 29 heavy (non-hydrogen) atoms. The Morgan fingerprint density at radius 3 is 2.28 bits per heavy atom. The zero-order chi connectivity index (χ0) is 21.6. The van der Waals surface area contributed by atoms with E-state index in [2.05, 4.69) is 19.9 Å². The number of benzene rings is 2. The van der Waals surface area contributed by atoms with E-state index in [-0.39, 0.29) is 22.4 Å². The fraction of sp³-hybridized carbons (Fsp3) is 0. The molecule has 0 fully saturated rings. The van der Waals surface area contributed by atoms with Gasteiger partial charge in [-0.2, -0.15) is 21.2 Å². The topological polar surface area (TPSA) is 153 Å². The van der Waals surface area contributed by atoms with E-state index in [4.69, 9.17) is 13.5 Å². The first-order valence-electron chi connectivity index (χ1n) is 7.27. The summed E-state index contributed by atoms with van der Waals surface area (Å²) < 4.78 is 102. The summed E-state index contributed by atoms with van der Waals surface area (Å²) in [6.45, 7) is 3.49. The minimum Gasteiger partial charge on any atom is -0.435 e. The van der Waals surface area contributed by atoms with Crippen LogP contribution < -0.4 is 8.37 Å². The van der Waals surface area contributed by atoms with E-state index < -0.39 is 49.6 Å². The van der Waals surface area contributed by atoms with Gasteiger partial charge in [0.25, 0.3) is 0 Å². The van der Waals surface area contributed by atoms with Gasteiger partial charge in [0.15, 0.2) is 17.1 Å². The summed E-state index contributed by atoms with van der Waals surface area (Å²) in [7, 11) is -9.92. The number of fused-ring (bicyclic) bond motifs is 1. The van der Waals surface area contributed by atoms with Gasteiger partial charge in [0.1, 0.15) is 11.3 Å². The maximum atomic E-state index is 14.3. The first-order valence-corrected chi connectivity index (χ1v) is 10.00. The summed E-state index contributed by atoms with van der Waals surface area (Å²) >= 11 is 0. The molecule has 3 rings (SSSR count). The van der Waals surface area contributed by atoms with Gasteiger partial charge in [-0.15, -0.1) is 0 Å². The zero-order valence-corrected chi connectivity index (χ0v) is 15.5. The quantitative estimate of drug-likeness (QED) is 0.537. The van der Waals surface area contributed by atoms with Crippen molar-refractivity contribution in [3.8, 4) is 23.0 Å². The Hall–Kier alpha value is -3.07. The van der Waals surface area contributed by atoms with Crippen molar-refractivity contribution in [1.29, 1.82) is 0 Å². The van der Waals surface area contributed by atoms with E-state index in [9.17, 15) is 25.6 Å². The molecule has 14 heteroatoms. The summed E-state index contributed by atoms with van der Waals surface area (Å²) in [5.41, 5.74) is -0.411. The molecule has 0 bridgehead atoms. The number of hydrogen-bond donors (Lipinski definition) is 2. The van der Waals surface area contributed by atoms with Crippen molar-refractivity contribution in [3.63, 3.8) is 0 Å². The molecule has 0 aliphatic rings. The lowest BCUT2D eigenvalue weighted by atomic mass is 10.2. The molecular weight excluding hydrogens is 440 g/mol. The zero-order valence-electron chi connectivity index (χ0n) is 13.9. The number of nitrogens with zero attached hydrogens (tertiary/aromatic N) is 1. The van der Waals surface area contributed by atoms with Crippen molar-refractivity contribution in [2.75, 3.05) is 0 Å². The van der Waals surface area contributed by atoms with Crippen LogP contribution in [-0.2, 0) is 20.8 Å². The molecule has 0 saturated heterocycles. The molecule has 1 aromatic heterocycles. The molecule has 0 spiro atoms. The van der Waals surface area contributed by atoms with E-state index in [1.807, 2.05) is 0 Å². The highest BCUT2D eigenvalue weighted by atomic mass is 32.3. The van der Waals surface area contributed by atoms with Crippen LogP contribution in [0.1, 0.15) is 5.56 Å². The minimum absolute atomic E-state index is 0.00996. The fourth-order valence-corrected chi connectivity index (χ4v) is 3.04. The predicted octanol–water partition coefficient (Wildman–Crippen LogP) is 2.78. The van der Waals surface area contributed by atoms with Crippen LogP contribution in [0.15, 0.2) is 35.3 Å². The van der Waals surface area contributed by atoms with Gasteiger partial charge in [-0.3, -0.25) is 9.11 Å². The molecule has 10 nitrogen and oxygen atoms in total. The third kappa shape index (κ3) is 4.51. The van der Waals surface area contributed by atoms with Crippen LogP contribution in [0.4, 0.5) is 8.78 Å². The molecule has 0 aliphatic heterocycles. The lowest BCUT2D eigenvalue weighted by Gasteiger charge is -2.05. The molecule has 0 unspecified atom stereocenters. The van der Waals surface area contributed by atoms with Gasteiger partial charge in [0, 0.05) is 11.6 Å². The largest absolute Gasteiger partial charge is 0.446 e. The van der Waals surface area contributed by atoms with Gasteiger partial charge in [-0.05, 0) is 18.2 Å². The van der Waals surface area contributed by atoms with Crippen molar-refractivity contribution < 1.29 is 47.5 Å². The van der Waals surface area contributed by atoms with Gasteiger partial charge in [-0.1, -0.05) is 12.7 Å². The normalized spacial score (nSPS) is 12.1. The van der Waals surface area contributed by atoms with E-state index in [1.54, 1.807) is 0 Å². The molecular formula is C15H9F2NO9S2. The molecule has 3 aromatic rings. The van der Waals surface area contributed by atoms with Crippen molar-refractivity contribution >= 4 is 38.0 Å². The second-order valence-corrected chi connectivity index (χ2v) is 7.39. The molecule has 0 amide bonds. The number of hydrogen-bond acceptors (Lipinski definition) is 8. The summed E-state index contributed by atoms with van der Waals surface area (Å²) in [5.74, 6) is -5.23. The highest BCUT2D eigenvalue weighted by Gasteiger charge is 2.23. The Morgan fingerprint density at radius 1 is 1.03 bits per heavy atom. The summed E-state index contributed by atoms with van der Waals surface area (Å²) in [6, 6.07) is 3.79. The van der Waals surface area contributed by atoms with Crippen LogP contribution in [0, 0.1) is 11.6 Å². The van der Waals surface area contributed by atoms with Gasteiger partial charge in [-0.25, -0.2) is 9.37 Å². The molecule has 0 saturated carbocycles. The molecule has 0 radical (unpaired) electrons. The van der Waals surface area contributed by atoms with Crippen LogP contribution in [0.2, 0.25) is 0 Å². The summed E-state index contributed by atoms with van der Waals surface area (Å²) in [5, 5.41) is 0. The lowest BCUT2D eigenvalue weighted by Crippen LogP contribution is -2.08. The standard InChI is InChI=1S/C15H9F2NO9S2/c1-2-7-5-8(26-28(19,20)21)6-10-14(7)25-15(18-10)9-3-4-11(13(17)12(9)16)27-29(22,23)24/h2-6H,1H2,(H,19,20,21)(H,22,23,24). The van der Waals surface area contributed by atoms with E-state index in [1.165, 1.54) is 6.08 Å². The van der Waals surface area contributed by atoms with Gasteiger partial charge >= 0.3 is 20.8 Å². The van der Waals surface area contributed by atoms with Crippen LogP contribution in [0.5, 0.6) is 11.5 Å². The van der Waals surface area contributed by atoms with Crippen molar-refractivity contribution in [2.24, 2.45) is 0 Å². The first-order chi connectivity index (χ1) is 13.4. The third-order valence-corrected chi connectivity index (χ3v) is 4.18. The van der Waals surface area contributed by atoms with Gasteiger partial charge in [0.05, 0.1) is 5.56 Å². The van der Waals surface area contributed by atoms with Crippen LogP contribution in [0.3, 0.4) is 0 Å². The SMILES string of the molecule is C=Cc1cc(OS(=O)(=O)O)cc2nc(-c3ccc(OS(=O)(=O)O)c(F)c3F)oc12. The molecule has 2 N–H and O–H groups in total. The Labute approximate surface area is 161 Å². The third-order valence-electron chi connectivity index (χ3n) is 3.39. The second kappa shape index (κ2) is 7.07. The van der Waals surface area contributed by atoms with Crippen LogP contribution in [0.25, 0.3) is 28.6 Å². The van der Waals surface area contributed by atoms with Crippen molar-refractivity contribution in [2.45, 2.75) is 0 Å². The van der Waals surface area contributed by atoms with E-state index in [0.717, 1.165) is 24.3 Å². The van der Waals surface area contributed by atoms with Gasteiger partial charge in [0.2, 0.25) is 11.7 Å². The summed E-state index contributed by atoms with van der Waals surface area (Å²) in [4.78, 5) is 3.90. The Bertz CT molecular complexity index is 1350. The molecule has 1 heterocycles. The second-order valence-electron chi connectivity index (χ2n) is 5.35. The monoisotopic (exact) mass is 449 g/mol. The fourth-order valence-electron chi connectivity index (χ4n) is 2.34. The first kappa shape index (κ1) is 20.7. The van der Waals surface area contributed by atoms with Gasteiger partial charge < -0.3 is 12.8 Å². The van der Waals surface area contributed by atoms with E-state index >= 15 is 0 Å². The number of halogens is 2. The maximum Gasteiger partial charge on any atom is 0.446 e. The number of rotatable bonds is 6. The number of aromatic nitrogens is 1. The molecule has 0 atom stereocenters. The molecule has 0 aliphatic carbocycles. The maximum absolute atomic E-state index is 14.3. The predicted molar refractivity (Wildman–Crippen MR) is 93.8 cm³/mol. The Morgan fingerprint density at radius 2 is 1.69 bits per heavy atom. The average Bonchev–Trinajstić information content (AvgIpc) is 2.99. The average molecular weight is 449 g/mol. The van der Waals surface area contributed by atoms with Crippen molar-refractivity contribution in [1.82, 2.24) is 4.98 Å². The smallest absolute Gasteiger partial charge is 0.435 e. The summed E-state index contributed by atoms with van der Waals surface area (Å²) in [6.07, 6.45) is 1.23. The van der Waals surface area contributed by atoms with Crippen LogP contribution in [-0.4, -0.2) is 30.9 Å². The van der Waals surface area contributed by atoms with Crippen molar-refractivity contribution in [3.05, 3.63) is 48.0 Å². The Balaban J connectivity index is 2.13. The number of oxazole rings is 1. The highest BCUT2D eigenvalue weighted by molar-refractivity contribution is 7.81. The lowest BCUT2D eigenvalue weighted by molar-refractivity contribution is 0.370. The van der Waals surface area contributed by atoms with E-state index in [0.29, 0.717) is 0 Å². The minimum atomic E-state index is -5.08. The van der Waals surface area contributed by atoms with Crippen LogP contribution >= 0.6 is 0 Å². The molecule has 154 valence electrons.